The third-order valence-corrected chi connectivity index (χ3v) is 3.80. The molecule has 0 radical (unpaired) electrons. The molecule has 0 unspecified atom stereocenters. The van der Waals surface area contributed by atoms with Gasteiger partial charge in [0, 0.05) is 5.56 Å². The molecule has 0 aliphatic carbocycles. The fraction of sp³-hybridized carbons (Fsp3) is 0.167. The molecule has 0 spiro atoms. The summed E-state index contributed by atoms with van der Waals surface area (Å²) in [6.45, 7) is 2.33. The molecule has 6 nitrogen and oxygen atoms in total. The molecular weight excluding hydrogens is 359 g/mol. The van der Waals surface area contributed by atoms with Gasteiger partial charge in [-0.1, -0.05) is 17.7 Å². The number of hydrogen-bond acceptors (Lipinski definition) is 5. The maximum absolute atomic E-state index is 13.9. The lowest BCUT2D eigenvalue weighted by molar-refractivity contribution is 0.266. The van der Waals surface area contributed by atoms with E-state index < -0.39 is 5.82 Å². The van der Waals surface area contributed by atoms with Gasteiger partial charge in [0.25, 0.3) is 0 Å². The van der Waals surface area contributed by atoms with Crippen LogP contribution in [-0.2, 0) is 6.61 Å². The number of nitrogens with zero attached hydrogens (tertiary/aromatic N) is 4. The van der Waals surface area contributed by atoms with Crippen molar-refractivity contribution in [3.63, 3.8) is 0 Å². The highest BCUT2D eigenvalue weighted by molar-refractivity contribution is 6.31. The number of ether oxygens (including phenoxy) is 2. The van der Waals surface area contributed by atoms with E-state index in [1.165, 1.54) is 23.4 Å². The van der Waals surface area contributed by atoms with Crippen molar-refractivity contribution in [3.8, 4) is 11.5 Å². The molecule has 0 aliphatic heterocycles. The SMILES string of the molecule is CCOc1cc(C=Nn2cnnc2)ccc1OCc1c(F)cccc1Cl. The summed E-state index contributed by atoms with van der Waals surface area (Å²) in [5, 5.41) is 11.9. The largest absolute Gasteiger partial charge is 0.490 e. The van der Waals surface area contributed by atoms with Gasteiger partial charge in [-0.3, -0.25) is 0 Å². The molecule has 3 aromatic rings. The average Bonchev–Trinajstić information content (AvgIpc) is 3.15. The van der Waals surface area contributed by atoms with Gasteiger partial charge in [-0.15, -0.1) is 10.2 Å². The van der Waals surface area contributed by atoms with Crippen LogP contribution in [0.3, 0.4) is 0 Å². The minimum atomic E-state index is -0.409. The zero-order chi connectivity index (χ0) is 18.4. The summed E-state index contributed by atoms with van der Waals surface area (Å²) in [6.07, 6.45) is 4.61. The van der Waals surface area contributed by atoms with E-state index in [0.29, 0.717) is 28.7 Å². The first-order valence-corrected chi connectivity index (χ1v) is 8.26. The van der Waals surface area contributed by atoms with Gasteiger partial charge in [-0.25, -0.2) is 9.07 Å². The molecule has 0 atom stereocenters. The summed E-state index contributed by atoms with van der Waals surface area (Å²) in [6, 6.07) is 9.87. The van der Waals surface area contributed by atoms with Crippen molar-refractivity contribution >= 4 is 17.8 Å². The van der Waals surface area contributed by atoms with Gasteiger partial charge in [-0.2, -0.15) is 5.10 Å². The van der Waals surface area contributed by atoms with Crippen LogP contribution in [0.1, 0.15) is 18.1 Å². The molecule has 134 valence electrons. The summed E-state index contributed by atoms with van der Waals surface area (Å²) in [5.41, 5.74) is 1.10. The lowest BCUT2D eigenvalue weighted by Gasteiger charge is -2.13. The Balaban J connectivity index is 1.78. The van der Waals surface area contributed by atoms with Gasteiger partial charge >= 0.3 is 0 Å². The van der Waals surface area contributed by atoms with Gasteiger partial charge < -0.3 is 9.47 Å². The summed E-state index contributed by atoms with van der Waals surface area (Å²) in [4.78, 5) is 0. The molecule has 0 saturated carbocycles. The van der Waals surface area contributed by atoms with Crippen LogP contribution < -0.4 is 9.47 Å². The third kappa shape index (κ3) is 4.37. The Hall–Kier alpha value is -2.93. The predicted octanol–water partition coefficient (Wildman–Crippen LogP) is 3.93. The molecule has 0 amide bonds. The fourth-order valence-corrected chi connectivity index (χ4v) is 2.42. The number of benzene rings is 2. The fourth-order valence-electron chi connectivity index (χ4n) is 2.20. The van der Waals surface area contributed by atoms with Crippen LogP contribution >= 0.6 is 11.6 Å². The van der Waals surface area contributed by atoms with E-state index >= 15 is 0 Å². The molecule has 8 heteroatoms. The minimum Gasteiger partial charge on any atom is -0.490 e. The maximum Gasteiger partial charge on any atom is 0.161 e. The number of hydrogen-bond donors (Lipinski definition) is 0. The summed E-state index contributed by atoms with van der Waals surface area (Å²) >= 11 is 6.03. The Bertz CT molecular complexity index is 880. The van der Waals surface area contributed by atoms with E-state index in [-0.39, 0.29) is 6.61 Å². The van der Waals surface area contributed by atoms with E-state index in [9.17, 15) is 4.39 Å². The molecular formula is C18H16ClFN4O2. The Morgan fingerprint density at radius 2 is 1.96 bits per heavy atom. The van der Waals surface area contributed by atoms with E-state index in [1.54, 1.807) is 30.5 Å². The molecule has 2 aromatic carbocycles. The highest BCUT2D eigenvalue weighted by atomic mass is 35.5. The second-order valence-electron chi connectivity index (χ2n) is 5.21. The van der Waals surface area contributed by atoms with E-state index in [4.69, 9.17) is 21.1 Å². The Labute approximate surface area is 154 Å². The second-order valence-corrected chi connectivity index (χ2v) is 5.62. The molecule has 0 aliphatic rings. The zero-order valence-corrected chi connectivity index (χ0v) is 14.7. The van der Waals surface area contributed by atoms with Gasteiger partial charge in [-0.05, 0) is 42.8 Å². The summed E-state index contributed by atoms with van der Waals surface area (Å²) in [7, 11) is 0. The number of rotatable bonds is 7. The zero-order valence-electron chi connectivity index (χ0n) is 14.0. The van der Waals surface area contributed by atoms with E-state index in [1.807, 2.05) is 13.0 Å². The highest BCUT2D eigenvalue weighted by Crippen LogP contribution is 2.30. The highest BCUT2D eigenvalue weighted by Gasteiger charge is 2.11. The maximum atomic E-state index is 13.9. The first kappa shape index (κ1) is 17.9. The van der Waals surface area contributed by atoms with Gasteiger partial charge in [0.2, 0.25) is 0 Å². The smallest absolute Gasteiger partial charge is 0.161 e. The van der Waals surface area contributed by atoms with Gasteiger partial charge in [0.15, 0.2) is 11.5 Å². The van der Waals surface area contributed by atoms with Crippen LogP contribution in [0.4, 0.5) is 4.39 Å². The quantitative estimate of drug-likeness (QED) is 0.588. The molecule has 26 heavy (non-hydrogen) atoms. The van der Waals surface area contributed by atoms with Crippen LogP contribution in [0.2, 0.25) is 5.02 Å². The lowest BCUT2D eigenvalue weighted by atomic mass is 10.2. The normalized spacial score (nSPS) is 11.0. The third-order valence-electron chi connectivity index (χ3n) is 3.45. The minimum absolute atomic E-state index is 0.000275. The van der Waals surface area contributed by atoms with E-state index in [0.717, 1.165) is 5.56 Å². The van der Waals surface area contributed by atoms with Crippen molar-refractivity contribution in [1.29, 1.82) is 0 Å². The van der Waals surface area contributed by atoms with Gasteiger partial charge in [0.05, 0.1) is 17.8 Å². The van der Waals surface area contributed by atoms with Crippen molar-refractivity contribution < 1.29 is 13.9 Å². The van der Waals surface area contributed by atoms with Crippen LogP contribution in [0, 0.1) is 5.82 Å². The summed E-state index contributed by atoms with van der Waals surface area (Å²) < 4.78 is 26.7. The predicted molar refractivity (Wildman–Crippen MR) is 96.4 cm³/mol. The van der Waals surface area contributed by atoms with Crippen molar-refractivity contribution in [3.05, 3.63) is 71.0 Å². The van der Waals surface area contributed by atoms with Crippen LogP contribution in [-0.4, -0.2) is 27.7 Å². The van der Waals surface area contributed by atoms with Crippen molar-refractivity contribution in [2.45, 2.75) is 13.5 Å². The number of aromatic nitrogens is 3. The Morgan fingerprint density at radius 1 is 1.15 bits per heavy atom. The Kier molecular flexibility index (Phi) is 5.80. The van der Waals surface area contributed by atoms with Crippen molar-refractivity contribution in [1.82, 2.24) is 14.9 Å². The Morgan fingerprint density at radius 3 is 2.69 bits per heavy atom. The van der Waals surface area contributed by atoms with E-state index in [2.05, 4.69) is 15.3 Å². The average molecular weight is 375 g/mol. The van der Waals surface area contributed by atoms with Crippen molar-refractivity contribution in [2.75, 3.05) is 6.61 Å². The second kappa shape index (κ2) is 8.44. The standard InChI is InChI=1S/C18H16ClFN4O2/c1-2-25-18-8-13(9-23-24-11-21-22-12-24)6-7-17(18)26-10-14-15(19)4-3-5-16(14)20/h3-9,11-12H,2,10H2,1H3. The molecule has 0 N–H and O–H groups in total. The molecule has 1 aromatic heterocycles. The van der Waals surface area contributed by atoms with Crippen LogP contribution in [0.5, 0.6) is 11.5 Å². The molecule has 0 fully saturated rings. The monoisotopic (exact) mass is 374 g/mol. The summed E-state index contributed by atoms with van der Waals surface area (Å²) in [5.74, 6) is 0.619. The molecule has 1 heterocycles. The van der Waals surface area contributed by atoms with Gasteiger partial charge in [0.1, 0.15) is 25.1 Å². The lowest BCUT2D eigenvalue weighted by Crippen LogP contribution is -2.02. The first-order chi connectivity index (χ1) is 12.7. The topological polar surface area (TPSA) is 61.5 Å². The van der Waals surface area contributed by atoms with Crippen LogP contribution in [0.25, 0.3) is 0 Å². The van der Waals surface area contributed by atoms with Crippen LogP contribution in [0.15, 0.2) is 54.2 Å². The van der Waals surface area contributed by atoms with Crippen molar-refractivity contribution in [2.24, 2.45) is 5.10 Å². The molecule has 3 rings (SSSR count). The molecule has 0 bridgehead atoms. The first-order valence-electron chi connectivity index (χ1n) is 7.89. The number of halogens is 2. The molecule has 0 saturated heterocycles.